The Bertz CT molecular complexity index is 1560. The zero-order chi connectivity index (χ0) is 30.3. The number of thioether (sulfide) groups is 1. The number of rotatable bonds is 9. The highest BCUT2D eigenvalue weighted by molar-refractivity contribution is 8.00. The summed E-state index contributed by atoms with van der Waals surface area (Å²) in [6.07, 6.45) is 0.618. The molecule has 17 heteroatoms. The van der Waals surface area contributed by atoms with E-state index in [2.05, 4.69) is 15.5 Å². The lowest BCUT2D eigenvalue weighted by atomic mass is 9.96. The third-order valence-corrected chi connectivity index (χ3v) is 9.22. The number of quaternary nitrogens is 1. The number of nitrogens with one attached hydrogen (secondary N) is 1. The summed E-state index contributed by atoms with van der Waals surface area (Å²) in [7, 11) is 1.97. The predicted molar refractivity (Wildman–Crippen MR) is 149 cm³/mol. The third-order valence-electron chi connectivity index (χ3n) is 7.20. The molecule has 1 fully saturated rings. The molecule has 1 aromatic heterocycles. The molecule has 2 amide bonds. The van der Waals surface area contributed by atoms with Crippen molar-refractivity contribution in [2.45, 2.75) is 24.4 Å². The van der Waals surface area contributed by atoms with Gasteiger partial charge in [-0.05, 0) is 17.7 Å². The van der Waals surface area contributed by atoms with Crippen molar-refractivity contribution in [2.75, 3.05) is 38.2 Å². The topological polar surface area (TPSA) is 225 Å². The smallest absolute Gasteiger partial charge is 0.352 e. The van der Waals surface area contributed by atoms with Gasteiger partial charge >= 0.3 is 11.9 Å². The highest BCUT2D eigenvalue weighted by atomic mass is 32.2. The standard InChI is InChI=1S/C25H26N6O9S2/c1-31(3-2-11-4-15(32)16(33)5-12(11)6-31)7-13-9-41-23-19(22(37)30(23)20(13)24(38)39)28-21(36)18(29-40-8-17(34)35)14-10-42-25(26)27-14/h4-5,10,19,23H,2-3,6-9H2,1H3,(H6-,26,27,28,29,32,33,34,35,36,38,39)/p+1/t19?,23-,31?/m1/s1. The maximum Gasteiger partial charge on any atom is 0.352 e. The Hall–Kier alpha value is -4.35. The lowest BCUT2D eigenvalue weighted by Crippen LogP contribution is -2.71. The Labute approximate surface area is 246 Å². The number of aromatic nitrogens is 1. The number of benzene rings is 1. The molecule has 7 N–H and O–H groups in total. The van der Waals surface area contributed by atoms with Crippen LogP contribution in [0.2, 0.25) is 0 Å². The highest BCUT2D eigenvalue weighted by Crippen LogP contribution is 2.42. The van der Waals surface area contributed by atoms with Crippen LogP contribution in [-0.4, -0.2) is 108 Å². The van der Waals surface area contributed by atoms with Gasteiger partial charge in [-0.3, -0.25) is 14.5 Å². The van der Waals surface area contributed by atoms with E-state index in [1.54, 1.807) is 6.07 Å². The first kappa shape index (κ1) is 29.2. The first-order valence-corrected chi connectivity index (χ1v) is 14.5. The molecule has 3 aliphatic heterocycles. The number of carboxylic acids is 2. The van der Waals surface area contributed by atoms with Crippen molar-refractivity contribution in [3.8, 4) is 11.5 Å². The van der Waals surface area contributed by atoms with E-state index in [4.69, 9.17) is 15.7 Å². The Morgan fingerprint density at radius 1 is 1.24 bits per heavy atom. The molecule has 0 spiro atoms. The van der Waals surface area contributed by atoms with E-state index >= 15 is 0 Å². The zero-order valence-corrected chi connectivity index (χ0v) is 23.8. The largest absolute Gasteiger partial charge is 0.504 e. The fraction of sp³-hybridized carbons (Fsp3) is 0.360. The number of phenolic OH excluding ortho intramolecular Hbond substituents is 2. The number of thiazole rings is 1. The zero-order valence-electron chi connectivity index (χ0n) is 22.1. The fourth-order valence-corrected chi connectivity index (χ4v) is 7.17. The number of phenols is 2. The van der Waals surface area contributed by atoms with Gasteiger partial charge < -0.3 is 40.8 Å². The van der Waals surface area contributed by atoms with Crippen molar-refractivity contribution in [2.24, 2.45) is 5.16 Å². The average Bonchev–Trinajstić information content (AvgIpc) is 3.35. The SMILES string of the molecule is C[N+]1(CC2=C(C(=O)O)N3C(=O)C(NC(=O)/C(=N\OCC(=O)O)c4csc(N)n4)[C@H]3SC2)CCc2cc(O)c(O)cc2C1. The number of nitrogen functional groups attached to an aromatic ring is 1. The van der Waals surface area contributed by atoms with Gasteiger partial charge in [0.05, 0.1) is 13.6 Å². The van der Waals surface area contributed by atoms with E-state index in [1.807, 2.05) is 7.05 Å². The number of β-lactam (4-membered cyclic amide) rings is 1. The van der Waals surface area contributed by atoms with Gasteiger partial charge in [-0.25, -0.2) is 14.6 Å². The second kappa shape index (κ2) is 11.1. The molecule has 3 aliphatic rings. The number of hydrogen-bond donors (Lipinski definition) is 6. The maximum atomic E-state index is 13.2. The van der Waals surface area contributed by atoms with Crippen LogP contribution in [0.5, 0.6) is 11.5 Å². The number of oxime groups is 1. The molecule has 0 saturated carbocycles. The van der Waals surface area contributed by atoms with Crippen molar-refractivity contribution < 1.29 is 48.9 Å². The molecule has 1 aromatic carbocycles. The first-order chi connectivity index (χ1) is 19.9. The van der Waals surface area contributed by atoms with E-state index in [9.17, 15) is 34.5 Å². The molecule has 42 heavy (non-hydrogen) atoms. The number of hydrogen-bond acceptors (Lipinski definition) is 12. The van der Waals surface area contributed by atoms with E-state index in [1.165, 1.54) is 28.1 Å². The Morgan fingerprint density at radius 3 is 2.60 bits per heavy atom. The number of amides is 2. The molecule has 1 saturated heterocycles. The normalized spacial score (nSPS) is 23.5. The van der Waals surface area contributed by atoms with Crippen LogP contribution in [0, 0.1) is 0 Å². The van der Waals surface area contributed by atoms with E-state index in [0.717, 1.165) is 22.5 Å². The molecular weight excluding hydrogens is 592 g/mol. The van der Waals surface area contributed by atoms with Crippen molar-refractivity contribution in [1.82, 2.24) is 15.2 Å². The number of aliphatic carboxylic acids is 2. The van der Waals surface area contributed by atoms with E-state index in [0.29, 0.717) is 41.9 Å². The quantitative estimate of drug-likeness (QED) is 0.0711. The molecule has 3 atom stereocenters. The summed E-state index contributed by atoms with van der Waals surface area (Å²) in [5.74, 6) is -4.16. The van der Waals surface area contributed by atoms with Gasteiger partial charge in [-0.1, -0.05) is 5.16 Å². The highest BCUT2D eigenvalue weighted by Gasteiger charge is 2.55. The van der Waals surface area contributed by atoms with Crippen molar-refractivity contribution in [1.29, 1.82) is 0 Å². The summed E-state index contributed by atoms with van der Waals surface area (Å²) in [6.45, 7) is 0.675. The Kier molecular flexibility index (Phi) is 7.74. The van der Waals surface area contributed by atoms with Crippen LogP contribution in [-0.2, 0) is 37.0 Å². The lowest BCUT2D eigenvalue weighted by Gasteiger charge is -2.50. The number of fused-ring (bicyclic) bond motifs is 2. The number of carboxylic acid groups (broad SMARTS) is 2. The van der Waals surface area contributed by atoms with Crippen LogP contribution in [0.25, 0.3) is 0 Å². The molecule has 222 valence electrons. The molecule has 4 heterocycles. The van der Waals surface area contributed by atoms with Gasteiger partial charge in [0.15, 0.2) is 22.3 Å². The lowest BCUT2D eigenvalue weighted by molar-refractivity contribution is -0.920. The summed E-state index contributed by atoms with van der Waals surface area (Å²) in [5, 5.41) is 45.7. The maximum absolute atomic E-state index is 13.2. The fourth-order valence-electron chi connectivity index (χ4n) is 5.29. The monoisotopic (exact) mass is 619 g/mol. The summed E-state index contributed by atoms with van der Waals surface area (Å²) < 4.78 is 0.434. The van der Waals surface area contributed by atoms with Gasteiger partial charge in [0.2, 0.25) is 6.61 Å². The number of aromatic hydroxyl groups is 2. The summed E-state index contributed by atoms with van der Waals surface area (Å²) >= 11 is 2.33. The van der Waals surface area contributed by atoms with E-state index in [-0.39, 0.29) is 33.7 Å². The average molecular weight is 620 g/mol. The van der Waals surface area contributed by atoms with Gasteiger partial charge in [0.1, 0.15) is 35.9 Å². The molecular formula is C25H27N6O9S2+. The molecule has 0 radical (unpaired) electrons. The summed E-state index contributed by atoms with van der Waals surface area (Å²) in [5.41, 5.74) is 7.50. The minimum absolute atomic E-state index is 0.0253. The van der Waals surface area contributed by atoms with Gasteiger partial charge in [-0.15, -0.1) is 23.1 Å². The number of anilines is 1. The van der Waals surface area contributed by atoms with Crippen LogP contribution < -0.4 is 11.1 Å². The van der Waals surface area contributed by atoms with Crippen LogP contribution in [0.15, 0.2) is 33.9 Å². The van der Waals surface area contributed by atoms with Gasteiger partial charge in [0.25, 0.3) is 11.8 Å². The predicted octanol–water partition coefficient (Wildman–Crippen LogP) is -0.117. The Balaban J connectivity index is 1.33. The van der Waals surface area contributed by atoms with Crippen molar-refractivity contribution >= 4 is 57.7 Å². The summed E-state index contributed by atoms with van der Waals surface area (Å²) in [4.78, 5) is 59.4. The van der Waals surface area contributed by atoms with Crippen LogP contribution in [0.4, 0.5) is 5.13 Å². The number of carbonyl (C=O) groups is 4. The van der Waals surface area contributed by atoms with Crippen LogP contribution in [0.1, 0.15) is 16.8 Å². The second-order valence-corrected chi connectivity index (χ2v) is 12.3. The minimum atomic E-state index is -1.31. The number of carbonyl (C=O) groups excluding carboxylic acids is 2. The number of likely N-dealkylation sites (N-methyl/N-ethyl adjacent to an activating group) is 1. The van der Waals surface area contributed by atoms with Gasteiger partial charge in [0, 0.05) is 28.7 Å². The molecule has 2 unspecified atom stereocenters. The van der Waals surface area contributed by atoms with Crippen molar-refractivity contribution in [3.63, 3.8) is 0 Å². The van der Waals surface area contributed by atoms with Crippen LogP contribution >= 0.6 is 23.1 Å². The number of nitrogens with zero attached hydrogens (tertiary/aromatic N) is 4. The van der Waals surface area contributed by atoms with Gasteiger partial charge in [-0.2, -0.15) is 0 Å². The summed E-state index contributed by atoms with van der Waals surface area (Å²) in [6, 6.07) is 2.00. The Morgan fingerprint density at radius 2 is 1.95 bits per heavy atom. The third kappa shape index (κ3) is 5.57. The molecule has 15 nitrogen and oxygen atoms in total. The molecule has 0 bridgehead atoms. The first-order valence-electron chi connectivity index (χ1n) is 12.6. The molecule has 5 rings (SSSR count). The van der Waals surface area contributed by atoms with Crippen molar-refractivity contribution in [3.05, 3.63) is 45.6 Å². The second-order valence-electron chi connectivity index (χ2n) is 10.3. The minimum Gasteiger partial charge on any atom is -0.504 e. The molecule has 2 aromatic rings. The van der Waals surface area contributed by atoms with Crippen LogP contribution in [0.3, 0.4) is 0 Å². The number of nitrogens with two attached hydrogens (primary N) is 1. The molecule has 0 aliphatic carbocycles. The van der Waals surface area contributed by atoms with E-state index < -0.39 is 41.8 Å².